The van der Waals surface area contributed by atoms with Crippen molar-refractivity contribution in [1.29, 1.82) is 0 Å². The number of hydrogen-bond acceptors (Lipinski definition) is 4. The molecule has 0 aromatic heterocycles. The van der Waals surface area contributed by atoms with Crippen LogP contribution in [0.25, 0.3) is 0 Å². The fourth-order valence-electron chi connectivity index (χ4n) is 1.18. The first kappa shape index (κ1) is 12.8. The maximum Gasteiger partial charge on any atom is 0.156 e. The van der Waals surface area contributed by atoms with Crippen molar-refractivity contribution in [1.82, 2.24) is 0 Å². The molecule has 4 nitrogen and oxygen atoms in total. The summed E-state index contributed by atoms with van der Waals surface area (Å²) in [5.74, 6) is 0.298. The Hall–Kier alpha value is -1.23. The molecule has 0 saturated carbocycles. The Morgan fingerprint density at radius 1 is 1.38 bits per heavy atom. The number of phenolic OH excluding ortho intramolecular Hbond substituents is 1. The van der Waals surface area contributed by atoms with E-state index in [9.17, 15) is 13.5 Å². The van der Waals surface area contributed by atoms with Gasteiger partial charge in [0.05, 0.1) is 18.1 Å². The molecule has 0 amide bonds. The van der Waals surface area contributed by atoms with E-state index in [1.807, 2.05) is 0 Å². The fourth-order valence-corrected chi connectivity index (χ4v) is 2.19. The number of sulfone groups is 1. The van der Waals surface area contributed by atoms with Crippen molar-refractivity contribution in [3.63, 3.8) is 0 Å². The quantitative estimate of drug-likeness (QED) is 0.876. The zero-order valence-corrected chi connectivity index (χ0v) is 10.4. The average Bonchev–Trinajstić information content (AvgIpc) is 2.20. The van der Waals surface area contributed by atoms with Gasteiger partial charge >= 0.3 is 0 Å². The Bertz CT molecular complexity index is 463. The van der Waals surface area contributed by atoms with Gasteiger partial charge in [0.1, 0.15) is 11.5 Å². The number of hydrogen-bond donors (Lipinski definition) is 1. The fraction of sp³-hybridized carbons (Fsp3) is 0.455. The monoisotopic (exact) mass is 244 g/mol. The minimum absolute atomic E-state index is 0.0522. The maximum absolute atomic E-state index is 11.7. The van der Waals surface area contributed by atoms with Crippen molar-refractivity contribution in [3.8, 4) is 11.5 Å². The lowest BCUT2D eigenvalue weighted by molar-refractivity contribution is 0.406. The minimum atomic E-state index is -3.19. The second kappa shape index (κ2) is 4.74. The van der Waals surface area contributed by atoms with Gasteiger partial charge in [-0.15, -0.1) is 0 Å². The third-order valence-corrected chi connectivity index (χ3v) is 4.52. The van der Waals surface area contributed by atoms with Gasteiger partial charge in [-0.25, -0.2) is 8.42 Å². The smallest absolute Gasteiger partial charge is 0.156 e. The Balaban J connectivity index is 2.99. The van der Waals surface area contributed by atoms with Crippen molar-refractivity contribution in [2.24, 2.45) is 0 Å². The van der Waals surface area contributed by atoms with Crippen molar-refractivity contribution < 1.29 is 18.3 Å². The molecule has 90 valence electrons. The second-order valence-electron chi connectivity index (χ2n) is 3.85. The molecule has 1 aromatic carbocycles. The zero-order chi connectivity index (χ0) is 12.3. The van der Waals surface area contributed by atoms with Crippen LogP contribution in [0.2, 0.25) is 0 Å². The van der Waals surface area contributed by atoms with Gasteiger partial charge in [0.15, 0.2) is 9.84 Å². The number of ether oxygens (including phenoxy) is 1. The van der Waals surface area contributed by atoms with Crippen molar-refractivity contribution >= 4 is 9.84 Å². The molecule has 0 spiro atoms. The van der Waals surface area contributed by atoms with E-state index >= 15 is 0 Å². The number of methoxy groups -OCH3 is 1. The molecule has 0 aliphatic rings. The lowest BCUT2D eigenvalue weighted by Crippen LogP contribution is -2.16. The third-order valence-electron chi connectivity index (χ3n) is 2.37. The van der Waals surface area contributed by atoms with Gasteiger partial charge in [-0.3, -0.25) is 0 Å². The summed E-state index contributed by atoms with van der Waals surface area (Å²) < 4.78 is 28.2. The van der Waals surface area contributed by atoms with Crippen LogP contribution in [0, 0.1) is 0 Å². The highest BCUT2D eigenvalue weighted by Gasteiger charge is 2.18. The molecule has 1 aromatic rings. The normalized spacial score (nSPS) is 11.8. The zero-order valence-electron chi connectivity index (χ0n) is 9.60. The second-order valence-corrected chi connectivity index (χ2v) is 6.41. The van der Waals surface area contributed by atoms with Gasteiger partial charge < -0.3 is 9.84 Å². The topological polar surface area (TPSA) is 63.6 Å². The molecule has 0 aliphatic carbocycles. The van der Waals surface area contributed by atoms with Gasteiger partial charge in [-0.2, -0.15) is 0 Å². The van der Waals surface area contributed by atoms with Gasteiger partial charge in [-0.05, 0) is 19.9 Å². The molecule has 0 unspecified atom stereocenters. The molecule has 1 N–H and O–H groups in total. The summed E-state index contributed by atoms with van der Waals surface area (Å²) >= 11 is 0. The van der Waals surface area contributed by atoms with Crippen LogP contribution in [0.4, 0.5) is 0 Å². The number of phenols is 1. The Morgan fingerprint density at radius 2 is 2.00 bits per heavy atom. The molecule has 0 aliphatic heterocycles. The van der Waals surface area contributed by atoms with Crippen LogP contribution >= 0.6 is 0 Å². The van der Waals surface area contributed by atoms with E-state index < -0.39 is 15.1 Å². The Morgan fingerprint density at radius 3 is 2.44 bits per heavy atom. The van der Waals surface area contributed by atoms with Gasteiger partial charge in [0.25, 0.3) is 0 Å². The van der Waals surface area contributed by atoms with Crippen LogP contribution in [0.1, 0.15) is 19.4 Å². The highest BCUT2D eigenvalue weighted by Crippen LogP contribution is 2.25. The van der Waals surface area contributed by atoms with Crippen molar-refractivity contribution in [3.05, 3.63) is 23.8 Å². The highest BCUT2D eigenvalue weighted by atomic mass is 32.2. The standard InChI is InChI=1S/C11H16O4S/c1-8(2)16(13,14)7-9-4-5-10(15-3)6-11(9)12/h4-6,8,12H,7H2,1-3H3. The van der Waals surface area contributed by atoms with E-state index in [-0.39, 0.29) is 11.5 Å². The molecular formula is C11H16O4S. The van der Waals surface area contributed by atoms with E-state index in [1.54, 1.807) is 26.0 Å². The predicted octanol–water partition coefficient (Wildman–Crippen LogP) is 1.72. The first-order valence-electron chi connectivity index (χ1n) is 4.94. The lowest BCUT2D eigenvalue weighted by atomic mass is 10.2. The molecule has 5 heteroatoms. The first-order valence-corrected chi connectivity index (χ1v) is 6.66. The summed E-state index contributed by atoms with van der Waals surface area (Å²) in [7, 11) is -1.71. The third kappa shape index (κ3) is 2.88. The highest BCUT2D eigenvalue weighted by molar-refractivity contribution is 7.91. The minimum Gasteiger partial charge on any atom is -0.507 e. The summed E-state index contributed by atoms with van der Waals surface area (Å²) in [6, 6.07) is 4.60. The molecule has 0 heterocycles. The van der Waals surface area contributed by atoms with Crippen LogP contribution in [0.5, 0.6) is 11.5 Å². The molecule has 1 rings (SSSR count). The molecule has 0 radical (unpaired) electrons. The number of aromatic hydroxyl groups is 1. The summed E-state index contributed by atoms with van der Waals surface area (Å²) in [5.41, 5.74) is 0.398. The Kier molecular flexibility index (Phi) is 3.80. The van der Waals surface area contributed by atoms with Crippen LogP contribution in [0.15, 0.2) is 18.2 Å². The van der Waals surface area contributed by atoms with Crippen molar-refractivity contribution in [2.75, 3.05) is 7.11 Å². The van der Waals surface area contributed by atoms with Crippen LogP contribution in [0.3, 0.4) is 0 Å². The molecule has 0 fully saturated rings. The van der Waals surface area contributed by atoms with E-state index in [4.69, 9.17) is 4.74 Å². The average molecular weight is 244 g/mol. The summed E-state index contributed by atoms with van der Waals surface area (Å²) in [5, 5.41) is 9.17. The van der Waals surface area contributed by atoms with E-state index in [0.717, 1.165) is 0 Å². The van der Waals surface area contributed by atoms with Gasteiger partial charge in [-0.1, -0.05) is 6.07 Å². The largest absolute Gasteiger partial charge is 0.507 e. The number of benzene rings is 1. The van der Waals surface area contributed by atoms with E-state index in [0.29, 0.717) is 11.3 Å². The van der Waals surface area contributed by atoms with Crippen molar-refractivity contribution in [2.45, 2.75) is 24.9 Å². The van der Waals surface area contributed by atoms with E-state index in [2.05, 4.69) is 0 Å². The molecule has 16 heavy (non-hydrogen) atoms. The molecule has 0 atom stereocenters. The van der Waals surface area contributed by atoms with Crippen LogP contribution in [-0.2, 0) is 15.6 Å². The van der Waals surface area contributed by atoms with Gasteiger partial charge in [0.2, 0.25) is 0 Å². The molecule has 0 saturated heterocycles. The first-order chi connectivity index (χ1) is 7.36. The van der Waals surface area contributed by atoms with Crippen LogP contribution < -0.4 is 4.74 Å². The summed E-state index contributed by atoms with van der Waals surface area (Å²) in [4.78, 5) is 0. The predicted molar refractivity (Wildman–Crippen MR) is 62.4 cm³/mol. The maximum atomic E-state index is 11.7. The Labute approximate surface area is 95.8 Å². The summed E-state index contributed by atoms with van der Waals surface area (Å²) in [6.45, 7) is 3.24. The van der Waals surface area contributed by atoms with Crippen LogP contribution in [-0.4, -0.2) is 25.9 Å². The van der Waals surface area contributed by atoms with Gasteiger partial charge in [0, 0.05) is 11.6 Å². The lowest BCUT2D eigenvalue weighted by Gasteiger charge is -2.10. The van der Waals surface area contributed by atoms with E-state index in [1.165, 1.54) is 13.2 Å². The molecular weight excluding hydrogens is 228 g/mol. The molecule has 0 bridgehead atoms. The SMILES string of the molecule is COc1ccc(CS(=O)(=O)C(C)C)c(O)c1. The number of rotatable bonds is 4. The summed E-state index contributed by atoms with van der Waals surface area (Å²) in [6.07, 6.45) is 0.